The Kier molecular flexibility index (Phi) is 8.00. The number of carbonyl (C=O) groups is 2. The van der Waals surface area contributed by atoms with Gasteiger partial charge < -0.3 is 20.9 Å². The Morgan fingerprint density at radius 1 is 1.25 bits per heavy atom. The fourth-order valence-corrected chi connectivity index (χ4v) is 1.07. The molecular weight excluding hydrogens is 260 g/mol. The number of carbonyl (C=O) groups excluding carboxylic acids is 1. The van der Waals surface area contributed by atoms with Crippen molar-refractivity contribution in [2.24, 2.45) is 5.73 Å². The highest BCUT2D eigenvalue weighted by atomic mass is 16.6. The fraction of sp³-hybridized carbons (Fsp3) is 0.429. The van der Waals surface area contributed by atoms with Crippen LogP contribution in [-0.4, -0.2) is 35.9 Å². The second-order valence-electron chi connectivity index (χ2n) is 4.89. The van der Waals surface area contributed by atoms with Gasteiger partial charge in [-0.1, -0.05) is 18.2 Å². The van der Waals surface area contributed by atoms with E-state index in [4.69, 9.17) is 15.6 Å². The number of rotatable bonds is 3. The second-order valence-corrected chi connectivity index (χ2v) is 4.89. The van der Waals surface area contributed by atoms with Crippen LogP contribution in [-0.2, 0) is 4.74 Å². The molecule has 0 aliphatic carbocycles. The minimum absolute atomic E-state index is 0.331. The van der Waals surface area contributed by atoms with E-state index in [1.807, 2.05) is 20.8 Å². The summed E-state index contributed by atoms with van der Waals surface area (Å²) in [7, 11) is 0. The number of ether oxygens (including phenoxy) is 1. The van der Waals surface area contributed by atoms with Crippen LogP contribution in [0.1, 0.15) is 31.1 Å². The van der Waals surface area contributed by atoms with Crippen LogP contribution in [0, 0.1) is 0 Å². The van der Waals surface area contributed by atoms with Gasteiger partial charge in [0.05, 0.1) is 5.56 Å². The van der Waals surface area contributed by atoms with Crippen LogP contribution >= 0.6 is 0 Å². The van der Waals surface area contributed by atoms with Crippen molar-refractivity contribution in [3.63, 3.8) is 0 Å². The minimum atomic E-state index is -0.879. The molecule has 0 aliphatic rings. The van der Waals surface area contributed by atoms with Crippen molar-refractivity contribution >= 4 is 12.1 Å². The van der Waals surface area contributed by atoms with Crippen molar-refractivity contribution in [1.82, 2.24) is 5.32 Å². The summed E-state index contributed by atoms with van der Waals surface area (Å²) >= 11 is 0. The maximum absolute atomic E-state index is 10.8. The minimum Gasteiger partial charge on any atom is -0.478 e. The van der Waals surface area contributed by atoms with Crippen LogP contribution in [0.2, 0.25) is 0 Å². The standard InChI is InChI=1S/C7H16N2O2.C7H6O2/c1-7(2,3)11-6(10)9-5-4-8;8-7(9)6-4-2-1-3-5-6/h4-5,8H2,1-3H3,(H,9,10);1-5H,(H,8,9). The van der Waals surface area contributed by atoms with E-state index in [0.29, 0.717) is 18.7 Å². The monoisotopic (exact) mass is 282 g/mol. The molecule has 6 nitrogen and oxygen atoms in total. The number of amides is 1. The lowest BCUT2D eigenvalue weighted by Crippen LogP contribution is -2.35. The quantitative estimate of drug-likeness (QED) is 0.785. The third-order valence-corrected chi connectivity index (χ3v) is 1.83. The van der Waals surface area contributed by atoms with Gasteiger partial charge in [0.2, 0.25) is 0 Å². The molecule has 0 bridgehead atoms. The number of aromatic carboxylic acids is 1. The molecule has 0 unspecified atom stereocenters. The first-order valence-electron chi connectivity index (χ1n) is 6.21. The number of nitrogens with two attached hydrogens (primary N) is 1. The number of nitrogens with one attached hydrogen (secondary N) is 1. The second kappa shape index (κ2) is 8.92. The van der Waals surface area contributed by atoms with Crippen LogP contribution < -0.4 is 11.1 Å². The van der Waals surface area contributed by atoms with Gasteiger partial charge in [-0.25, -0.2) is 9.59 Å². The molecule has 0 aliphatic heterocycles. The van der Waals surface area contributed by atoms with Gasteiger partial charge in [0.1, 0.15) is 5.60 Å². The topological polar surface area (TPSA) is 102 Å². The molecule has 0 aromatic heterocycles. The number of alkyl carbamates (subject to hydrolysis) is 1. The smallest absolute Gasteiger partial charge is 0.407 e. The third kappa shape index (κ3) is 9.90. The molecule has 0 heterocycles. The van der Waals surface area contributed by atoms with E-state index in [0.717, 1.165) is 0 Å². The molecule has 4 N–H and O–H groups in total. The summed E-state index contributed by atoms with van der Waals surface area (Å²) in [5, 5.41) is 10.9. The number of hydrogen-bond donors (Lipinski definition) is 3. The molecule has 20 heavy (non-hydrogen) atoms. The van der Waals surface area contributed by atoms with Crippen molar-refractivity contribution in [2.75, 3.05) is 13.1 Å². The lowest BCUT2D eigenvalue weighted by Gasteiger charge is -2.19. The zero-order valence-corrected chi connectivity index (χ0v) is 12.1. The van der Waals surface area contributed by atoms with Crippen molar-refractivity contribution in [2.45, 2.75) is 26.4 Å². The normalized spacial score (nSPS) is 10.0. The Balaban J connectivity index is 0.000000367. The van der Waals surface area contributed by atoms with Gasteiger partial charge in [0.15, 0.2) is 0 Å². The summed E-state index contributed by atoms with van der Waals surface area (Å²) in [6.07, 6.45) is -0.414. The molecule has 0 fully saturated rings. The highest BCUT2D eigenvalue weighted by Gasteiger charge is 2.14. The molecule has 1 amide bonds. The van der Waals surface area contributed by atoms with E-state index in [1.165, 1.54) is 0 Å². The van der Waals surface area contributed by atoms with E-state index in [1.54, 1.807) is 30.3 Å². The first-order valence-corrected chi connectivity index (χ1v) is 6.21. The van der Waals surface area contributed by atoms with Gasteiger partial charge in [-0.15, -0.1) is 0 Å². The molecule has 0 saturated heterocycles. The lowest BCUT2D eigenvalue weighted by molar-refractivity contribution is 0.0528. The zero-order chi connectivity index (χ0) is 15.6. The number of carboxylic acids is 1. The van der Waals surface area contributed by atoms with E-state index >= 15 is 0 Å². The average molecular weight is 282 g/mol. The molecule has 1 rings (SSSR count). The van der Waals surface area contributed by atoms with Crippen LogP contribution in [0.15, 0.2) is 30.3 Å². The van der Waals surface area contributed by atoms with Crippen LogP contribution in [0.4, 0.5) is 4.79 Å². The number of carboxylic acid groups (broad SMARTS) is 1. The average Bonchev–Trinajstić information content (AvgIpc) is 2.36. The SMILES string of the molecule is CC(C)(C)OC(=O)NCCN.O=C(O)c1ccccc1. The fourth-order valence-electron chi connectivity index (χ4n) is 1.07. The summed E-state index contributed by atoms with van der Waals surface area (Å²) in [6.45, 7) is 6.33. The Hall–Kier alpha value is -2.08. The van der Waals surface area contributed by atoms with Crippen molar-refractivity contribution in [3.8, 4) is 0 Å². The molecule has 0 saturated carbocycles. The Labute approximate surface area is 118 Å². The molecular formula is C14H22N2O4. The van der Waals surface area contributed by atoms with Crippen molar-refractivity contribution in [3.05, 3.63) is 35.9 Å². The molecule has 6 heteroatoms. The highest BCUT2D eigenvalue weighted by molar-refractivity contribution is 5.87. The first-order chi connectivity index (χ1) is 9.26. The first kappa shape index (κ1) is 17.9. The van der Waals surface area contributed by atoms with Gasteiger partial charge in [-0.3, -0.25) is 0 Å². The lowest BCUT2D eigenvalue weighted by atomic mass is 10.2. The Morgan fingerprint density at radius 3 is 2.15 bits per heavy atom. The summed E-state index contributed by atoms with van der Waals surface area (Å²) in [6, 6.07) is 8.30. The van der Waals surface area contributed by atoms with Gasteiger partial charge >= 0.3 is 12.1 Å². The predicted molar refractivity (Wildman–Crippen MR) is 76.7 cm³/mol. The largest absolute Gasteiger partial charge is 0.478 e. The van der Waals surface area contributed by atoms with Crippen LogP contribution in [0.3, 0.4) is 0 Å². The van der Waals surface area contributed by atoms with E-state index in [2.05, 4.69) is 5.32 Å². The highest BCUT2D eigenvalue weighted by Crippen LogP contribution is 2.05. The van der Waals surface area contributed by atoms with Crippen LogP contribution in [0.25, 0.3) is 0 Å². The maximum Gasteiger partial charge on any atom is 0.407 e. The Morgan fingerprint density at radius 2 is 1.80 bits per heavy atom. The van der Waals surface area contributed by atoms with E-state index in [9.17, 15) is 9.59 Å². The Bertz CT molecular complexity index is 413. The van der Waals surface area contributed by atoms with Gasteiger partial charge in [0.25, 0.3) is 0 Å². The molecule has 0 radical (unpaired) electrons. The maximum atomic E-state index is 10.8. The molecule has 1 aromatic rings. The summed E-state index contributed by atoms with van der Waals surface area (Å²) < 4.78 is 4.93. The zero-order valence-electron chi connectivity index (χ0n) is 12.1. The number of benzene rings is 1. The molecule has 0 atom stereocenters. The molecule has 112 valence electrons. The number of hydrogen-bond acceptors (Lipinski definition) is 4. The molecule has 1 aromatic carbocycles. The van der Waals surface area contributed by atoms with Gasteiger partial charge in [0, 0.05) is 13.1 Å². The molecule has 0 spiro atoms. The van der Waals surface area contributed by atoms with Crippen LogP contribution in [0.5, 0.6) is 0 Å². The van der Waals surface area contributed by atoms with Crippen molar-refractivity contribution in [1.29, 1.82) is 0 Å². The van der Waals surface area contributed by atoms with E-state index in [-0.39, 0.29) is 0 Å². The van der Waals surface area contributed by atoms with Crippen molar-refractivity contribution < 1.29 is 19.4 Å². The summed E-state index contributed by atoms with van der Waals surface area (Å²) in [5.41, 5.74) is 5.07. The summed E-state index contributed by atoms with van der Waals surface area (Å²) in [4.78, 5) is 21.0. The van der Waals surface area contributed by atoms with Gasteiger partial charge in [-0.05, 0) is 32.9 Å². The third-order valence-electron chi connectivity index (χ3n) is 1.83. The van der Waals surface area contributed by atoms with Gasteiger partial charge in [-0.2, -0.15) is 0 Å². The predicted octanol–water partition coefficient (Wildman–Crippen LogP) is 1.85. The summed E-state index contributed by atoms with van der Waals surface area (Å²) in [5.74, 6) is -0.879. The van der Waals surface area contributed by atoms with E-state index < -0.39 is 17.7 Å².